The average molecular weight is 172 g/mol. The fourth-order valence-electron chi connectivity index (χ4n) is 1.02. The van der Waals surface area contributed by atoms with E-state index in [1.165, 1.54) is 17.5 Å². The summed E-state index contributed by atoms with van der Waals surface area (Å²) < 4.78 is 13.8. The Labute approximate surface area is 70.8 Å². The molecule has 0 saturated heterocycles. The van der Waals surface area contributed by atoms with Crippen molar-refractivity contribution in [2.45, 2.75) is 39.2 Å². The van der Waals surface area contributed by atoms with Crippen LogP contribution in [0, 0.1) is 6.08 Å². The van der Waals surface area contributed by atoms with Crippen LogP contribution in [0.5, 0.6) is 0 Å². The first-order valence-corrected chi connectivity index (χ1v) is 4.26. The second kappa shape index (κ2) is 4.79. The number of rotatable bonds is 5. The molecule has 0 atom stereocenters. The van der Waals surface area contributed by atoms with E-state index in [1.807, 2.05) is 0 Å². The van der Waals surface area contributed by atoms with Gasteiger partial charge < -0.3 is 0 Å². The summed E-state index contributed by atoms with van der Waals surface area (Å²) >= 11 is 0. The molecule has 12 heavy (non-hydrogen) atoms. The van der Waals surface area contributed by atoms with Crippen LogP contribution in [-0.4, -0.2) is 20.2 Å². The lowest BCUT2D eigenvalue weighted by Crippen LogP contribution is -2.03. The molecule has 0 aromatic carbocycles. The molecule has 0 aliphatic rings. The normalized spacial score (nSPS) is 10.5. The van der Waals surface area contributed by atoms with Gasteiger partial charge in [-0.1, -0.05) is 31.3 Å². The van der Waals surface area contributed by atoms with Gasteiger partial charge in [-0.25, -0.2) is 4.68 Å². The van der Waals surface area contributed by atoms with Crippen molar-refractivity contribution in [2.24, 2.45) is 0 Å². The van der Waals surface area contributed by atoms with E-state index in [2.05, 4.69) is 22.4 Å². The molecule has 0 amide bonds. The van der Waals surface area contributed by atoms with Crippen LogP contribution in [0.4, 0.5) is 4.39 Å². The third kappa shape index (κ3) is 2.56. The fourth-order valence-corrected chi connectivity index (χ4v) is 1.02. The van der Waals surface area contributed by atoms with Crippen molar-refractivity contribution in [3.05, 3.63) is 6.08 Å². The molecule has 0 bridgehead atoms. The molecule has 0 spiro atoms. The summed E-state index contributed by atoms with van der Waals surface area (Å²) in [5.74, 6) is 0. The van der Waals surface area contributed by atoms with Gasteiger partial charge in [-0.3, -0.25) is 0 Å². The van der Waals surface area contributed by atoms with Crippen molar-refractivity contribution in [2.75, 3.05) is 0 Å². The van der Waals surface area contributed by atoms with Gasteiger partial charge in [0.25, 0.3) is 0 Å². The lowest BCUT2D eigenvalue weighted by atomic mass is 10.2. The highest BCUT2D eigenvalue weighted by Gasteiger charge is 2.01. The minimum absolute atomic E-state index is 0.582. The van der Waals surface area contributed by atoms with Crippen LogP contribution >= 0.6 is 0 Å². The molecule has 0 aliphatic heterocycles. The molecule has 0 fully saturated rings. The zero-order valence-electron chi connectivity index (χ0n) is 7.20. The van der Waals surface area contributed by atoms with Gasteiger partial charge >= 0.3 is 6.08 Å². The second-order valence-electron chi connectivity index (χ2n) is 2.73. The molecule has 0 saturated carbocycles. The van der Waals surface area contributed by atoms with Crippen LogP contribution < -0.4 is 0 Å². The van der Waals surface area contributed by atoms with Gasteiger partial charge in [0.15, 0.2) is 0 Å². The van der Waals surface area contributed by atoms with Gasteiger partial charge in [0, 0.05) is 6.54 Å². The number of aryl methyl sites for hydroxylation is 1. The highest BCUT2D eigenvalue weighted by atomic mass is 19.1. The number of halogens is 1. The minimum Gasteiger partial charge on any atom is -0.202 e. The number of hydrogen-bond donors (Lipinski definition) is 0. The number of tetrazole rings is 1. The summed E-state index contributed by atoms with van der Waals surface area (Å²) in [6.07, 6.45) is 3.82. The van der Waals surface area contributed by atoms with Crippen LogP contribution in [0.15, 0.2) is 0 Å². The van der Waals surface area contributed by atoms with Crippen molar-refractivity contribution >= 4 is 0 Å². The Morgan fingerprint density at radius 2 is 2.17 bits per heavy atom. The van der Waals surface area contributed by atoms with Crippen LogP contribution in [0.1, 0.15) is 32.6 Å². The summed E-state index contributed by atoms with van der Waals surface area (Å²) in [7, 11) is 0. The molecule has 4 nitrogen and oxygen atoms in total. The van der Waals surface area contributed by atoms with Crippen LogP contribution in [0.25, 0.3) is 0 Å². The van der Waals surface area contributed by atoms with Crippen molar-refractivity contribution in [1.82, 2.24) is 20.2 Å². The van der Waals surface area contributed by atoms with Crippen molar-refractivity contribution in [1.29, 1.82) is 0 Å². The predicted molar refractivity (Wildman–Crippen MR) is 41.9 cm³/mol. The number of unbranched alkanes of at least 4 members (excludes halogenated alkanes) is 3. The van der Waals surface area contributed by atoms with Gasteiger partial charge in [0.05, 0.1) is 0 Å². The molecule has 0 N–H and O–H groups in total. The van der Waals surface area contributed by atoms with Gasteiger partial charge in [-0.05, 0) is 16.8 Å². The molecule has 5 heteroatoms. The molecule has 1 aromatic rings. The number of hydrogen-bond acceptors (Lipinski definition) is 3. The largest absolute Gasteiger partial charge is 0.327 e. The minimum atomic E-state index is -0.591. The van der Waals surface area contributed by atoms with Crippen molar-refractivity contribution < 1.29 is 4.39 Å². The van der Waals surface area contributed by atoms with E-state index in [4.69, 9.17) is 0 Å². The van der Waals surface area contributed by atoms with Gasteiger partial charge in [0.1, 0.15) is 0 Å². The quantitative estimate of drug-likeness (QED) is 0.630. The van der Waals surface area contributed by atoms with E-state index in [9.17, 15) is 4.39 Å². The van der Waals surface area contributed by atoms with Gasteiger partial charge in [0.2, 0.25) is 0 Å². The van der Waals surface area contributed by atoms with Crippen LogP contribution in [0.3, 0.4) is 0 Å². The number of nitrogens with zero attached hydrogens (tertiary/aromatic N) is 4. The third-order valence-electron chi connectivity index (χ3n) is 1.71. The van der Waals surface area contributed by atoms with E-state index in [-0.39, 0.29) is 0 Å². The summed E-state index contributed by atoms with van der Waals surface area (Å²) in [6, 6.07) is 0. The Bertz CT molecular complexity index is 223. The highest BCUT2D eigenvalue weighted by molar-refractivity contribution is 4.53. The lowest BCUT2D eigenvalue weighted by Gasteiger charge is -1.98. The molecule has 0 aliphatic carbocycles. The lowest BCUT2D eigenvalue weighted by molar-refractivity contribution is 0.420. The molecular formula is C7H13FN4. The Balaban J connectivity index is 2.20. The Morgan fingerprint density at radius 3 is 2.75 bits per heavy atom. The summed E-state index contributed by atoms with van der Waals surface area (Å²) in [5.41, 5.74) is 0. The Kier molecular flexibility index (Phi) is 3.63. The monoisotopic (exact) mass is 172 g/mol. The van der Waals surface area contributed by atoms with Crippen molar-refractivity contribution in [3.8, 4) is 0 Å². The van der Waals surface area contributed by atoms with E-state index >= 15 is 0 Å². The Hall–Kier alpha value is -1.00. The maximum Gasteiger partial charge on any atom is 0.327 e. The van der Waals surface area contributed by atoms with E-state index in [0.29, 0.717) is 6.54 Å². The zero-order chi connectivity index (χ0) is 8.81. The van der Waals surface area contributed by atoms with Crippen LogP contribution in [0.2, 0.25) is 0 Å². The topological polar surface area (TPSA) is 43.6 Å². The zero-order valence-corrected chi connectivity index (χ0v) is 7.20. The standard InChI is InChI=1S/C7H13FN4/c1-2-3-4-5-6-12-7(8)9-10-11-12/h2-6H2,1H3. The molecule has 1 heterocycles. The first-order valence-electron chi connectivity index (χ1n) is 4.26. The summed E-state index contributed by atoms with van der Waals surface area (Å²) in [4.78, 5) is 0. The molecule has 1 rings (SSSR count). The molecule has 1 aromatic heterocycles. The maximum atomic E-state index is 12.6. The Morgan fingerprint density at radius 1 is 1.33 bits per heavy atom. The maximum absolute atomic E-state index is 12.6. The smallest absolute Gasteiger partial charge is 0.202 e. The van der Waals surface area contributed by atoms with Crippen LogP contribution in [-0.2, 0) is 6.54 Å². The second-order valence-corrected chi connectivity index (χ2v) is 2.73. The van der Waals surface area contributed by atoms with Gasteiger partial charge in [-0.2, -0.15) is 4.39 Å². The first kappa shape index (κ1) is 9.09. The predicted octanol–water partition coefficient (Wildman–Crippen LogP) is 1.39. The molecule has 0 unspecified atom stereocenters. The number of aromatic nitrogens is 4. The molecular weight excluding hydrogens is 159 g/mol. The first-order chi connectivity index (χ1) is 5.84. The molecule has 68 valence electrons. The van der Waals surface area contributed by atoms with Crippen molar-refractivity contribution in [3.63, 3.8) is 0 Å². The van der Waals surface area contributed by atoms with E-state index in [1.54, 1.807) is 0 Å². The molecule has 0 radical (unpaired) electrons. The fraction of sp³-hybridized carbons (Fsp3) is 0.857. The highest BCUT2D eigenvalue weighted by Crippen LogP contribution is 2.01. The summed E-state index contributed by atoms with van der Waals surface area (Å²) in [6.45, 7) is 2.72. The SMILES string of the molecule is CCCCCCn1nnnc1F. The summed E-state index contributed by atoms with van der Waals surface area (Å²) in [5, 5.41) is 9.85. The van der Waals surface area contributed by atoms with E-state index in [0.717, 1.165) is 12.8 Å². The average Bonchev–Trinajstić information content (AvgIpc) is 2.46. The van der Waals surface area contributed by atoms with E-state index < -0.39 is 6.08 Å². The van der Waals surface area contributed by atoms with Gasteiger partial charge in [-0.15, -0.1) is 0 Å². The third-order valence-corrected chi connectivity index (χ3v) is 1.71.